The highest BCUT2D eigenvalue weighted by atomic mass is 79.9. The first kappa shape index (κ1) is 19.1. The van der Waals surface area contributed by atoms with Crippen LogP contribution < -0.4 is 9.96 Å². The van der Waals surface area contributed by atoms with Gasteiger partial charge in [-0.2, -0.15) is 5.23 Å². The second-order valence-electron chi connectivity index (χ2n) is 5.58. The third kappa shape index (κ3) is 3.71. The molecule has 0 saturated heterocycles. The molecule has 0 aliphatic heterocycles. The van der Waals surface area contributed by atoms with E-state index in [2.05, 4.69) is 15.9 Å². The Bertz CT molecular complexity index is 1040. The van der Waals surface area contributed by atoms with Crippen LogP contribution in [0, 0.1) is 12.1 Å². The number of hydrogen-bond donors (Lipinski definition) is 2. The molecule has 0 amide bonds. The van der Waals surface area contributed by atoms with Gasteiger partial charge in [-0.1, -0.05) is 6.07 Å². The van der Waals surface area contributed by atoms with E-state index < -0.39 is 17.2 Å². The Labute approximate surface area is 161 Å². The summed E-state index contributed by atoms with van der Waals surface area (Å²) in [5.74, 6) is -0.779. The molecule has 1 unspecified atom stereocenters. The number of esters is 2. The number of fused-ring (bicyclic) bond motifs is 1. The molecule has 140 valence electrons. The lowest BCUT2D eigenvalue weighted by Crippen LogP contribution is -2.99. The molecule has 1 heterocycles. The normalized spacial score (nSPS) is 12.0. The summed E-state index contributed by atoms with van der Waals surface area (Å²) < 4.78 is 16.1. The fourth-order valence-corrected chi connectivity index (χ4v) is 3.00. The Morgan fingerprint density at radius 2 is 1.96 bits per heavy atom. The number of aryl methyl sites for hydroxylation is 1. The quantitative estimate of drug-likeness (QED) is 0.367. The van der Waals surface area contributed by atoms with Gasteiger partial charge in [0.05, 0.1) is 17.1 Å². The van der Waals surface area contributed by atoms with Crippen LogP contribution in [0.4, 0.5) is 5.69 Å². The molecule has 0 aliphatic carbocycles. The third-order valence-corrected chi connectivity index (χ3v) is 4.48. The Hall–Kier alpha value is -2.72. The van der Waals surface area contributed by atoms with Gasteiger partial charge in [0.25, 0.3) is 0 Å². The third-order valence-electron chi connectivity index (χ3n) is 3.86. The summed E-state index contributed by atoms with van der Waals surface area (Å²) in [6, 6.07) is 8.55. The zero-order valence-corrected chi connectivity index (χ0v) is 15.8. The van der Waals surface area contributed by atoms with Crippen LogP contribution in [0.25, 0.3) is 11.0 Å². The molecule has 0 saturated carbocycles. The summed E-state index contributed by atoms with van der Waals surface area (Å²) >= 11 is 3.30. The van der Waals surface area contributed by atoms with Crippen LogP contribution in [0.2, 0.25) is 0 Å². The number of nitrogens with one attached hydrogen (secondary N) is 1. The largest absolute Gasteiger partial charge is 0.595 e. The fourth-order valence-electron chi connectivity index (χ4n) is 2.59. The molecule has 9 heteroatoms. The standard InChI is InChI=1S/C18H14BrNO7/c1-9-16(18(22)25-2)12-7-15(13(19)8-14(12)26-9)27-17(21)10-4-3-5-11(6-10)20(23)24/h3-8,20,23H,1-2H3. The zero-order chi connectivity index (χ0) is 19.7. The number of ether oxygens (including phenoxy) is 2. The minimum atomic E-state index is -1.15. The highest BCUT2D eigenvalue weighted by Crippen LogP contribution is 2.35. The molecule has 0 bridgehead atoms. The molecule has 3 rings (SSSR count). The Morgan fingerprint density at radius 3 is 2.63 bits per heavy atom. The molecule has 0 radical (unpaired) electrons. The molecule has 27 heavy (non-hydrogen) atoms. The van der Waals surface area contributed by atoms with Gasteiger partial charge in [0.2, 0.25) is 0 Å². The Morgan fingerprint density at radius 1 is 1.22 bits per heavy atom. The van der Waals surface area contributed by atoms with Crippen molar-refractivity contribution in [3.05, 3.63) is 63.0 Å². The molecule has 3 aromatic rings. The number of rotatable bonds is 4. The molecule has 2 aromatic carbocycles. The molecule has 0 spiro atoms. The Balaban J connectivity index is 1.99. The van der Waals surface area contributed by atoms with Crippen molar-refractivity contribution in [1.29, 1.82) is 0 Å². The van der Waals surface area contributed by atoms with Gasteiger partial charge in [0.15, 0.2) is 5.69 Å². The van der Waals surface area contributed by atoms with Gasteiger partial charge in [-0.15, -0.1) is 0 Å². The predicted octanol–water partition coefficient (Wildman–Crippen LogP) is 2.91. The topological polar surface area (TPSA) is 113 Å². The second-order valence-corrected chi connectivity index (χ2v) is 6.43. The van der Waals surface area contributed by atoms with Crippen LogP contribution in [-0.4, -0.2) is 24.3 Å². The first-order valence-corrected chi connectivity index (χ1v) is 8.47. The summed E-state index contributed by atoms with van der Waals surface area (Å²) in [4.78, 5) is 24.4. The molecule has 0 fully saturated rings. The molecule has 1 atom stereocenters. The van der Waals surface area contributed by atoms with E-state index in [1.807, 2.05) is 0 Å². The summed E-state index contributed by atoms with van der Waals surface area (Å²) in [6.07, 6.45) is 0. The van der Waals surface area contributed by atoms with Crippen LogP contribution in [0.5, 0.6) is 5.75 Å². The molecule has 1 aromatic heterocycles. The van der Waals surface area contributed by atoms with Crippen molar-refractivity contribution in [2.75, 3.05) is 7.11 Å². The maximum absolute atomic E-state index is 12.4. The maximum Gasteiger partial charge on any atom is 0.343 e. The van der Waals surface area contributed by atoms with Gasteiger partial charge in [-0.25, -0.2) is 14.8 Å². The number of carbonyl (C=O) groups excluding carboxylic acids is 2. The predicted molar refractivity (Wildman–Crippen MR) is 97.2 cm³/mol. The monoisotopic (exact) mass is 435 g/mol. The van der Waals surface area contributed by atoms with Gasteiger partial charge in [-0.3, -0.25) is 0 Å². The lowest BCUT2D eigenvalue weighted by molar-refractivity contribution is -0.991. The minimum Gasteiger partial charge on any atom is -0.595 e. The Kier molecular flexibility index (Phi) is 5.29. The lowest BCUT2D eigenvalue weighted by Gasteiger charge is -2.12. The first-order valence-electron chi connectivity index (χ1n) is 7.68. The molecular weight excluding hydrogens is 422 g/mol. The van der Waals surface area contributed by atoms with Crippen LogP contribution in [-0.2, 0) is 4.74 Å². The van der Waals surface area contributed by atoms with Crippen LogP contribution in [0.15, 0.2) is 45.3 Å². The van der Waals surface area contributed by atoms with Gasteiger partial charge >= 0.3 is 11.9 Å². The zero-order valence-electron chi connectivity index (χ0n) is 14.2. The lowest BCUT2D eigenvalue weighted by atomic mass is 10.1. The van der Waals surface area contributed by atoms with Crippen molar-refractivity contribution in [1.82, 2.24) is 0 Å². The highest BCUT2D eigenvalue weighted by molar-refractivity contribution is 9.10. The van der Waals surface area contributed by atoms with E-state index in [9.17, 15) is 14.8 Å². The molecule has 0 aliphatic rings. The number of carbonyl (C=O) groups is 2. The van der Waals surface area contributed by atoms with Crippen molar-refractivity contribution in [3.8, 4) is 5.75 Å². The van der Waals surface area contributed by atoms with Crippen molar-refractivity contribution < 1.29 is 33.9 Å². The van der Waals surface area contributed by atoms with Gasteiger partial charge in [0.1, 0.15) is 22.7 Å². The van der Waals surface area contributed by atoms with Crippen LogP contribution in [0.3, 0.4) is 0 Å². The SMILES string of the molecule is COC(=O)c1c(C)oc2cc(Br)c(OC(=O)c3cccc([NH+]([O-])O)c3)cc12. The summed E-state index contributed by atoms with van der Waals surface area (Å²) in [7, 11) is 1.26. The smallest absolute Gasteiger partial charge is 0.343 e. The van der Waals surface area contributed by atoms with E-state index in [4.69, 9.17) is 19.1 Å². The minimum absolute atomic E-state index is 0.0302. The summed E-state index contributed by atoms with van der Waals surface area (Å²) in [6.45, 7) is 1.63. The van der Waals surface area contributed by atoms with Gasteiger partial charge < -0.3 is 19.1 Å². The van der Waals surface area contributed by atoms with E-state index in [0.29, 0.717) is 21.2 Å². The van der Waals surface area contributed by atoms with E-state index in [0.717, 1.165) is 0 Å². The number of furan rings is 1. The number of methoxy groups -OCH3 is 1. The summed E-state index contributed by atoms with van der Waals surface area (Å²) in [5.41, 5.74) is 0.716. The van der Waals surface area contributed by atoms with E-state index in [1.165, 1.54) is 37.4 Å². The molecule has 2 N–H and O–H groups in total. The average molecular weight is 436 g/mol. The fraction of sp³-hybridized carbons (Fsp3) is 0.111. The van der Waals surface area contributed by atoms with Crippen LogP contribution >= 0.6 is 15.9 Å². The van der Waals surface area contributed by atoms with Crippen molar-refractivity contribution in [2.45, 2.75) is 6.92 Å². The number of hydrogen-bond acceptors (Lipinski definition) is 7. The van der Waals surface area contributed by atoms with Crippen molar-refractivity contribution >= 4 is 44.5 Å². The second kappa shape index (κ2) is 7.49. The average Bonchev–Trinajstić information content (AvgIpc) is 2.96. The van der Waals surface area contributed by atoms with Crippen molar-refractivity contribution in [3.63, 3.8) is 0 Å². The molecule has 8 nitrogen and oxygen atoms in total. The van der Waals surface area contributed by atoms with E-state index in [1.54, 1.807) is 13.0 Å². The number of benzene rings is 2. The van der Waals surface area contributed by atoms with Gasteiger partial charge in [0, 0.05) is 17.5 Å². The van der Waals surface area contributed by atoms with Gasteiger partial charge in [-0.05, 0) is 41.1 Å². The van der Waals surface area contributed by atoms with E-state index in [-0.39, 0.29) is 22.6 Å². The first-order chi connectivity index (χ1) is 12.8. The number of quaternary nitrogens is 1. The van der Waals surface area contributed by atoms with Crippen molar-refractivity contribution in [2.24, 2.45) is 0 Å². The molecular formula is C18H14BrNO7. The maximum atomic E-state index is 12.4. The van der Waals surface area contributed by atoms with Crippen LogP contribution in [0.1, 0.15) is 26.5 Å². The number of halogens is 1. The highest BCUT2D eigenvalue weighted by Gasteiger charge is 2.22. The summed E-state index contributed by atoms with van der Waals surface area (Å²) in [5, 5.41) is 19.4. The van der Waals surface area contributed by atoms with E-state index >= 15 is 0 Å².